The van der Waals surface area contributed by atoms with E-state index in [4.69, 9.17) is 0 Å². The van der Waals surface area contributed by atoms with E-state index in [1.807, 2.05) is 6.92 Å². The lowest BCUT2D eigenvalue weighted by atomic mass is 9.95. The van der Waals surface area contributed by atoms with Gasteiger partial charge in [-0.2, -0.15) is 0 Å². The van der Waals surface area contributed by atoms with Gasteiger partial charge in [-0.15, -0.1) is 0 Å². The van der Waals surface area contributed by atoms with Gasteiger partial charge in [-0.1, -0.05) is 20.3 Å². The summed E-state index contributed by atoms with van der Waals surface area (Å²) in [7, 11) is 0. The van der Waals surface area contributed by atoms with Crippen molar-refractivity contribution in [3.8, 4) is 0 Å². The van der Waals surface area contributed by atoms with E-state index in [1.54, 1.807) is 6.92 Å². The first-order valence-electron chi connectivity index (χ1n) is 5.05. The Hall–Kier alpha value is -1.25. The number of Topliss-reactive ketones (excluding diaryl/α,β-unsaturated/α-hetero) is 1. The molecule has 0 spiro atoms. The van der Waals surface area contributed by atoms with Crippen LogP contribution in [0.5, 0.6) is 0 Å². The molecular formula is C12H14F2O. The molecule has 0 aliphatic heterocycles. The topological polar surface area (TPSA) is 17.1 Å². The Labute approximate surface area is 88.1 Å². The van der Waals surface area contributed by atoms with Gasteiger partial charge in [-0.3, -0.25) is 4.79 Å². The van der Waals surface area contributed by atoms with Gasteiger partial charge >= 0.3 is 0 Å². The van der Waals surface area contributed by atoms with E-state index < -0.39 is 11.6 Å². The lowest BCUT2D eigenvalue weighted by Gasteiger charge is -2.08. The maximum absolute atomic E-state index is 12.8. The fourth-order valence-corrected chi connectivity index (χ4v) is 1.54. The minimum Gasteiger partial charge on any atom is -0.294 e. The predicted molar refractivity (Wildman–Crippen MR) is 54.8 cm³/mol. The molecule has 0 aromatic heterocycles. The smallest absolute Gasteiger partial charge is 0.165 e. The van der Waals surface area contributed by atoms with E-state index in [1.165, 1.54) is 0 Å². The molecule has 0 saturated heterocycles. The summed E-state index contributed by atoms with van der Waals surface area (Å²) < 4.78 is 25.7. The number of rotatable bonds is 4. The molecule has 0 radical (unpaired) electrons. The molecule has 0 fully saturated rings. The van der Waals surface area contributed by atoms with Crippen molar-refractivity contribution in [1.29, 1.82) is 0 Å². The van der Waals surface area contributed by atoms with Crippen LogP contribution in [0.1, 0.15) is 37.0 Å². The van der Waals surface area contributed by atoms with Gasteiger partial charge in [-0.25, -0.2) is 8.78 Å². The molecule has 1 aromatic rings. The van der Waals surface area contributed by atoms with Crippen LogP contribution in [-0.4, -0.2) is 5.78 Å². The number of hydrogen-bond acceptors (Lipinski definition) is 1. The highest BCUT2D eigenvalue weighted by Gasteiger charge is 2.15. The van der Waals surface area contributed by atoms with E-state index in [-0.39, 0.29) is 17.3 Å². The van der Waals surface area contributed by atoms with Gasteiger partial charge in [0.25, 0.3) is 0 Å². The number of halogens is 2. The molecule has 1 unspecified atom stereocenters. The van der Waals surface area contributed by atoms with Crippen LogP contribution in [0.2, 0.25) is 0 Å². The van der Waals surface area contributed by atoms with E-state index in [2.05, 4.69) is 0 Å². The highest BCUT2D eigenvalue weighted by atomic mass is 19.1. The summed E-state index contributed by atoms with van der Waals surface area (Å²) in [6.07, 6.45) is 1.61. The zero-order valence-corrected chi connectivity index (χ0v) is 8.89. The maximum Gasteiger partial charge on any atom is 0.165 e. The summed E-state index contributed by atoms with van der Waals surface area (Å²) in [6, 6.07) is 2.93. The van der Waals surface area contributed by atoms with Gasteiger partial charge in [0.05, 0.1) is 0 Å². The number of benzene rings is 1. The number of hydrogen-bond donors (Lipinski definition) is 0. The molecule has 0 saturated carbocycles. The minimum absolute atomic E-state index is 0.119. The first-order valence-corrected chi connectivity index (χ1v) is 5.05. The average Bonchev–Trinajstić information content (AvgIpc) is 2.15. The third-order valence-electron chi connectivity index (χ3n) is 2.32. The second-order valence-corrected chi connectivity index (χ2v) is 3.71. The third-order valence-corrected chi connectivity index (χ3v) is 2.32. The summed E-state index contributed by atoms with van der Waals surface area (Å²) in [5.41, 5.74) is 0.119. The maximum atomic E-state index is 12.8. The lowest BCUT2D eigenvalue weighted by Crippen LogP contribution is -2.11. The van der Waals surface area contributed by atoms with Crippen molar-refractivity contribution in [2.45, 2.75) is 26.7 Å². The molecule has 1 aromatic carbocycles. The molecule has 0 amide bonds. The van der Waals surface area contributed by atoms with Crippen LogP contribution in [0.25, 0.3) is 0 Å². The number of carbonyl (C=O) groups is 1. The zero-order valence-electron chi connectivity index (χ0n) is 8.89. The van der Waals surface area contributed by atoms with Crippen LogP contribution < -0.4 is 0 Å². The van der Waals surface area contributed by atoms with E-state index in [0.717, 1.165) is 31.0 Å². The summed E-state index contributed by atoms with van der Waals surface area (Å²) in [5.74, 6) is -1.80. The Morgan fingerprint density at radius 3 is 2.27 bits per heavy atom. The van der Waals surface area contributed by atoms with Crippen LogP contribution in [0.15, 0.2) is 18.2 Å². The average molecular weight is 212 g/mol. The molecule has 1 atom stereocenters. The highest BCUT2D eigenvalue weighted by molar-refractivity contribution is 5.97. The van der Waals surface area contributed by atoms with E-state index >= 15 is 0 Å². The van der Waals surface area contributed by atoms with Crippen LogP contribution in [-0.2, 0) is 0 Å². The fraction of sp³-hybridized carbons (Fsp3) is 0.417. The van der Waals surface area contributed by atoms with Crippen molar-refractivity contribution in [3.63, 3.8) is 0 Å². The van der Waals surface area contributed by atoms with Gasteiger partial charge in [0, 0.05) is 17.5 Å². The molecule has 1 nitrogen and oxygen atoms in total. The van der Waals surface area contributed by atoms with Crippen molar-refractivity contribution in [3.05, 3.63) is 35.4 Å². The summed E-state index contributed by atoms with van der Waals surface area (Å²) in [5, 5.41) is 0. The largest absolute Gasteiger partial charge is 0.294 e. The van der Waals surface area contributed by atoms with Crippen LogP contribution in [0.3, 0.4) is 0 Å². The molecule has 1 rings (SSSR count). The second kappa shape index (κ2) is 5.01. The van der Waals surface area contributed by atoms with Crippen LogP contribution >= 0.6 is 0 Å². The lowest BCUT2D eigenvalue weighted by molar-refractivity contribution is 0.0922. The van der Waals surface area contributed by atoms with Gasteiger partial charge in [-0.05, 0) is 18.6 Å². The van der Waals surface area contributed by atoms with Gasteiger partial charge in [0.15, 0.2) is 5.78 Å². The predicted octanol–water partition coefficient (Wildman–Crippen LogP) is 3.58. The molecule has 0 aliphatic carbocycles. The quantitative estimate of drug-likeness (QED) is 0.697. The van der Waals surface area contributed by atoms with Crippen molar-refractivity contribution in [2.75, 3.05) is 0 Å². The molecule has 0 heterocycles. The normalized spacial score (nSPS) is 12.5. The number of carbonyl (C=O) groups excluding carboxylic acids is 1. The summed E-state index contributed by atoms with van der Waals surface area (Å²) in [6.45, 7) is 3.74. The van der Waals surface area contributed by atoms with Gasteiger partial charge in [0.2, 0.25) is 0 Å². The van der Waals surface area contributed by atoms with Gasteiger partial charge < -0.3 is 0 Å². The molecule has 3 heteroatoms. The Morgan fingerprint density at radius 1 is 1.27 bits per heavy atom. The van der Waals surface area contributed by atoms with Gasteiger partial charge in [0.1, 0.15) is 11.6 Å². The van der Waals surface area contributed by atoms with Crippen LogP contribution in [0.4, 0.5) is 8.78 Å². The Balaban J connectivity index is 2.90. The molecule has 0 N–H and O–H groups in total. The molecule has 0 bridgehead atoms. The Bertz CT molecular complexity index is 340. The van der Waals surface area contributed by atoms with E-state index in [9.17, 15) is 13.6 Å². The van der Waals surface area contributed by atoms with Crippen molar-refractivity contribution < 1.29 is 13.6 Å². The molecular weight excluding hydrogens is 198 g/mol. The van der Waals surface area contributed by atoms with Crippen molar-refractivity contribution in [2.24, 2.45) is 5.92 Å². The minimum atomic E-state index is -0.706. The standard InChI is InChI=1S/C12H14F2O/c1-3-4-8(2)12(15)9-5-10(13)7-11(14)6-9/h5-8H,3-4H2,1-2H3. The first-order chi connectivity index (χ1) is 7.04. The van der Waals surface area contributed by atoms with E-state index in [0.29, 0.717) is 0 Å². The monoisotopic (exact) mass is 212 g/mol. The summed E-state index contributed by atoms with van der Waals surface area (Å²) in [4.78, 5) is 11.7. The van der Waals surface area contributed by atoms with Crippen molar-refractivity contribution >= 4 is 5.78 Å². The fourth-order valence-electron chi connectivity index (χ4n) is 1.54. The summed E-state index contributed by atoms with van der Waals surface area (Å²) >= 11 is 0. The first kappa shape index (κ1) is 11.8. The SMILES string of the molecule is CCCC(C)C(=O)c1cc(F)cc(F)c1. The Morgan fingerprint density at radius 2 is 1.80 bits per heavy atom. The Kier molecular flexibility index (Phi) is 3.95. The molecule has 82 valence electrons. The highest BCUT2D eigenvalue weighted by Crippen LogP contribution is 2.16. The molecule has 15 heavy (non-hydrogen) atoms. The van der Waals surface area contributed by atoms with Crippen LogP contribution in [0, 0.1) is 17.6 Å². The molecule has 0 aliphatic rings. The zero-order chi connectivity index (χ0) is 11.4. The van der Waals surface area contributed by atoms with Crippen molar-refractivity contribution in [1.82, 2.24) is 0 Å². The second-order valence-electron chi connectivity index (χ2n) is 3.71. The third kappa shape index (κ3) is 3.11. The number of ketones is 1.